The summed E-state index contributed by atoms with van der Waals surface area (Å²) in [4.78, 5) is 0. The number of benzene rings is 3. The van der Waals surface area contributed by atoms with Gasteiger partial charge in [0.2, 0.25) is 0 Å². The topological polar surface area (TPSA) is 0 Å². The minimum absolute atomic E-state index is 0.613. The Labute approximate surface area is 151 Å². The molecule has 0 aromatic heterocycles. The van der Waals surface area contributed by atoms with Gasteiger partial charge in [-0.1, -0.05) is 61.9 Å². The number of hydrogen-bond acceptors (Lipinski definition) is 0. The molecule has 3 aromatic rings. The van der Waals surface area contributed by atoms with Crippen molar-refractivity contribution in [2.45, 2.75) is 32.4 Å². The summed E-state index contributed by atoms with van der Waals surface area (Å²) < 4.78 is 38.2. The fourth-order valence-corrected chi connectivity index (χ4v) is 3.74. The van der Waals surface area contributed by atoms with Gasteiger partial charge in [-0.15, -0.1) is 0 Å². The van der Waals surface area contributed by atoms with Gasteiger partial charge in [0.1, 0.15) is 0 Å². The van der Waals surface area contributed by atoms with E-state index >= 15 is 0 Å². The summed E-state index contributed by atoms with van der Waals surface area (Å²) in [6.07, 6.45) is -1.20. The molecule has 3 aromatic carbocycles. The summed E-state index contributed by atoms with van der Waals surface area (Å²) in [5.74, 6) is 0. The zero-order valence-electron chi connectivity index (χ0n) is 14.5. The van der Waals surface area contributed by atoms with Crippen LogP contribution < -0.4 is 0 Å². The smallest absolute Gasteiger partial charge is 0.166 e. The third kappa shape index (κ3) is 3.03. The highest BCUT2D eigenvalue weighted by Gasteiger charge is 2.30. The number of fused-ring (bicyclic) bond motifs is 3. The maximum Gasteiger partial charge on any atom is 0.416 e. The van der Waals surface area contributed by atoms with E-state index in [0.717, 1.165) is 42.5 Å². The summed E-state index contributed by atoms with van der Waals surface area (Å²) in [7, 11) is 0. The molecular weight excluding hydrogens is 333 g/mol. The first-order valence-corrected chi connectivity index (χ1v) is 8.88. The van der Waals surface area contributed by atoms with Gasteiger partial charge in [0, 0.05) is 0 Å². The zero-order valence-corrected chi connectivity index (χ0v) is 14.5. The number of aryl methyl sites for hydroxylation is 1. The summed E-state index contributed by atoms with van der Waals surface area (Å²) in [6, 6.07) is 18.3. The van der Waals surface area contributed by atoms with Crippen LogP contribution in [0.5, 0.6) is 0 Å². The van der Waals surface area contributed by atoms with Gasteiger partial charge in [-0.2, -0.15) is 13.2 Å². The van der Waals surface area contributed by atoms with Crippen LogP contribution in [0.15, 0.2) is 60.7 Å². The lowest BCUT2D eigenvalue weighted by atomic mass is 9.98. The average molecular weight is 352 g/mol. The average Bonchev–Trinajstić information content (AvgIpc) is 2.98. The van der Waals surface area contributed by atoms with Gasteiger partial charge in [0.25, 0.3) is 0 Å². The van der Waals surface area contributed by atoms with Crippen LogP contribution in [0.4, 0.5) is 13.2 Å². The van der Waals surface area contributed by atoms with Crippen molar-refractivity contribution >= 4 is 0 Å². The Morgan fingerprint density at radius 3 is 2.04 bits per heavy atom. The van der Waals surface area contributed by atoms with Crippen molar-refractivity contribution in [3.05, 3.63) is 82.9 Å². The molecule has 0 heterocycles. The van der Waals surface area contributed by atoms with Gasteiger partial charge in [-0.25, -0.2) is 0 Å². The number of hydrogen-bond donors (Lipinski definition) is 0. The Morgan fingerprint density at radius 1 is 0.769 bits per heavy atom. The summed E-state index contributed by atoms with van der Waals surface area (Å²) in [5, 5.41) is 0. The Morgan fingerprint density at radius 2 is 1.38 bits per heavy atom. The maximum absolute atomic E-state index is 12.7. The summed E-state index contributed by atoms with van der Waals surface area (Å²) in [5.41, 5.74) is 7.61. The van der Waals surface area contributed by atoms with E-state index in [1.807, 2.05) is 6.07 Å². The molecule has 0 atom stereocenters. The first-order valence-electron chi connectivity index (χ1n) is 8.88. The zero-order chi connectivity index (χ0) is 18.3. The van der Waals surface area contributed by atoms with Crippen molar-refractivity contribution in [2.24, 2.45) is 0 Å². The highest BCUT2D eigenvalue weighted by Crippen LogP contribution is 2.39. The first kappa shape index (κ1) is 16.9. The third-order valence-corrected chi connectivity index (χ3v) is 5.03. The van der Waals surface area contributed by atoms with Crippen LogP contribution in [0, 0.1) is 0 Å². The third-order valence-electron chi connectivity index (χ3n) is 5.03. The van der Waals surface area contributed by atoms with Crippen molar-refractivity contribution in [2.75, 3.05) is 0 Å². The van der Waals surface area contributed by atoms with Crippen LogP contribution in [0.25, 0.3) is 22.3 Å². The molecule has 0 radical (unpaired) electrons. The first-order chi connectivity index (χ1) is 12.5. The van der Waals surface area contributed by atoms with Crippen molar-refractivity contribution in [1.82, 2.24) is 0 Å². The van der Waals surface area contributed by atoms with E-state index in [2.05, 4.69) is 37.3 Å². The van der Waals surface area contributed by atoms with Crippen LogP contribution in [0.2, 0.25) is 0 Å². The summed E-state index contributed by atoms with van der Waals surface area (Å²) in [6.45, 7) is 2.18. The van der Waals surface area contributed by atoms with Crippen LogP contribution in [0.1, 0.15) is 35.6 Å². The fraction of sp³-hybridized carbons (Fsp3) is 0.217. The van der Waals surface area contributed by atoms with Crippen molar-refractivity contribution in [3.8, 4) is 22.3 Å². The largest absolute Gasteiger partial charge is 0.416 e. The highest BCUT2D eigenvalue weighted by molar-refractivity contribution is 5.80. The molecular formula is C23H19F3. The van der Waals surface area contributed by atoms with Gasteiger partial charge < -0.3 is 0 Å². The second-order valence-corrected chi connectivity index (χ2v) is 6.87. The molecule has 0 bridgehead atoms. The quantitative estimate of drug-likeness (QED) is 0.376. The Hall–Kier alpha value is -2.55. The summed E-state index contributed by atoms with van der Waals surface area (Å²) >= 11 is 0. The molecule has 0 spiro atoms. The maximum atomic E-state index is 12.7. The lowest BCUT2D eigenvalue weighted by molar-refractivity contribution is -0.137. The molecule has 0 unspecified atom stereocenters. The Balaban J connectivity index is 1.65. The van der Waals surface area contributed by atoms with E-state index in [-0.39, 0.29) is 0 Å². The van der Waals surface area contributed by atoms with Crippen LogP contribution >= 0.6 is 0 Å². The van der Waals surface area contributed by atoms with E-state index in [9.17, 15) is 13.2 Å². The van der Waals surface area contributed by atoms with Gasteiger partial charge in [0.05, 0.1) is 5.56 Å². The van der Waals surface area contributed by atoms with Crippen molar-refractivity contribution in [3.63, 3.8) is 0 Å². The van der Waals surface area contributed by atoms with E-state index in [4.69, 9.17) is 0 Å². The molecule has 26 heavy (non-hydrogen) atoms. The lowest BCUT2D eigenvalue weighted by Gasteiger charge is -2.09. The minimum atomic E-state index is -4.30. The fourth-order valence-electron chi connectivity index (χ4n) is 3.74. The number of alkyl halides is 3. The van der Waals surface area contributed by atoms with E-state index in [1.165, 1.54) is 27.8 Å². The molecule has 132 valence electrons. The molecule has 0 nitrogen and oxygen atoms in total. The SMILES string of the molecule is CCCc1ccc2c(c1)Cc1cc(-c3ccc(C(F)(F)F)cc3)ccc1-2. The molecule has 0 fully saturated rings. The van der Waals surface area contributed by atoms with E-state index in [1.54, 1.807) is 12.1 Å². The molecule has 4 rings (SSSR count). The lowest BCUT2D eigenvalue weighted by Crippen LogP contribution is -2.03. The van der Waals surface area contributed by atoms with Gasteiger partial charge in [-0.3, -0.25) is 0 Å². The molecule has 1 aliphatic rings. The normalized spacial score (nSPS) is 12.8. The molecule has 0 amide bonds. The standard InChI is InChI=1S/C23H19F3/c1-2-3-15-4-10-21-18(12-15)14-19-13-17(7-11-22(19)21)16-5-8-20(9-6-16)23(24,25)26/h4-13H,2-3,14H2,1H3. The van der Waals surface area contributed by atoms with Crippen LogP contribution in [-0.4, -0.2) is 0 Å². The van der Waals surface area contributed by atoms with Gasteiger partial charge in [0.15, 0.2) is 0 Å². The number of rotatable bonds is 3. The Bertz CT molecular complexity index is 950. The van der Waals surface area contributed by atoms with Gasteiger partial charge >= 0.3 is 6.18 Å². The van der Waals surface area contributed by atoms with Gasteiger partial charge in [-0.05, 0) is 63.9 Å². The second kappa shape index (κ2) is 6.31. The van der Waals surface area contributed by atoms with Crippen molar-refractivity contribution < 1.29 is 13.2 Å². The number of halogens is 3. The van der Waals surface area contributed by atoms with Crippen LogP contribution in [0.3, 0.4) is 0 Å². The predicted octanol–water partition coefficient (Wildman–Crippen LogP) is 6.90. The van der Waals surface area contributed by atoms with E-state index in [0.29, 0.717) is 0 Å². The molecule has 0 saturated heterocycles. The minimum Gasteiger partial charge on any atom is -0.166 e. The molecule has 0 N–H and O–H groups in total. The Kier molecular flexibility index (Phi) is 4.10. The molecule has 0 aliphatic heterocycles. The molecule has 3 heteroatoms. The molecule has 1 aliphatic carbocycles. The second-order valence-electron chi connectivity index (χ2n) is 6.87. The van der Waals surface area contributed by atoms with Crippen LogP contribution in [-0.2, 0) is 19.0 Å². The monoisotopic (exact) mass is 352 g/mol. The van der Waals surface area contributed by atoms with E-state index < -0.39 is 11.7 Å². The molecule has 0 saturated carbocycles. The predicted molar refractivity (Wildman–Crippen MR) is 99.1 cm³/mol. The highest BCUT2D eigenvalue weighted by atomic mass is 19.4. The van der Waals surface area contributed by atoms with Crippen molar-refractivity contribution in [1.29, 1.82) is 0 Å².